The molecule has 5 heteroatoms. The lowest BCUT2D eigenvalue weighted by atomic mass is 9.83. The Morgan fingerprint density at radius 3 is 2.41 bits per heavy atom. The van der Waals surface area contributed by atoms with Gasteiger partial charge in [-0.25, -0.2) is 0 Å². The van der Waals surface area contributed by atoms with Crippen molar-refractivity contribution < 1.29 is 23.7 Å². The van der Waals surface area contributed by atoms with E-state index in [0.717, 1.165) is 21.9 Å². The molecule has 0 radical (unpaired) electrons. The van der Waals surface area contributed by atoms with Gasteiger partial charge in [-0.05, 0) is 16.3 Å². The Bertz CT molecular complexity index is 1020. The molecule has 0 bridgehead atoms. The third kappa shape index (κ3) is 2.76. The third-order valence-corrected chi connectivity index (χ3v) is 4.97. The molecule has 0 aromatic heterocycles. The lowest BCUT2D eigenvalue weighted by Crippen LogP contribution is -2.22. The second-order valence-electron chi connectivity index (χ2n) is 6.36. The van der Waals surface area contributed by atoms with E-state index in [-0.39, 0.29) is 18.3 Å². The van der Waals surface area contributed by atoms with E-state index >= 15 is 0 Å². The van der Waals surface area contributed by atoms with Crippen molar-refractivity contribution in [2.24, 2.45) is 0 Å². The molecule has 0 saturated carbocycles. The standard InChI is InChI=1S/C22H20O5/c1-24-18-12-17-20(22(26-3)21(18)25-2)16(11-19(23)27-17)15-10-6-8-13-7-4-5-9-14(13)15/h4-10,12,16H,11H2,1-3H3/t16-/m1/s1. The van der Waals surface area contributed by atoms with Gasteiger partial charge in [-0.3, -0.25) is 4.79 Å². The first-order valence-electron chi connectivity index (χ1n) is 8.69. The molecule has 0 fully saturated rings. The Morgan fingerprint density at radius 1 is 0.926 bits per heavy atom. The molecule has 0 spiro atoms. The van der Waals surface area contributed by atoms with Gasteiger partial charge in [0.05, 0.1) is 27.8 Å². The number of carbonyl (C=O) groups is 1. The molecular weight excluding hydrogens is 344 g/mol. The SMILES string of the molecule is COc1cc2c(c(OC)c1OC)[C@@H](c1cccc3ccccc13)CC(=O)O2. The lowest BCUT2D eigenvalue weighted by molar-refractivity contribution is -0.135. The number of benzene rings is 3. The highest BCUT2D eigenvalue weighted by Gasteiger charge is 2.35. The number of ether oxygens (including phenoxy) is 4. The van der Waals surface area contributed by atoms with Gasteiger partial charge >= 0.3 is 5.97 Å². The molecule has 1 aliphatic rings. The average Bonchev–Trinajstić information content (AvgIpc) is 2.71. The Hall–Kier alpha value is -3.21. The van der Waals surface area contributed by atoms with E-state index in [1.54, 1.807) is 20.3 Å². The minimum Gasteiger partial charge on any atom is -0.493 e. The molecule has 0 saturated heterocycles. The van der Waals surface area contributed by atoms with E-state index in [0.29, 0.717) is 23.0 Å². The molecule has 3 aromatic carbocycles. The highest BCUT2D eigenvalue weighted by atomic mass is 16.5. The normalized spacial score (nSPS) is 15.8. The average molecular weight is 364 g/mol. The summed E-state index contributed by atoms with van der Waals surface area (Å²) >= 11 is 0. The zero-order valence-corrected chi connectivity index (χ0v) is 15.4. The molecule has 3 aromatic rings. The summed E-state index contributed by atoms with van der Waals surface area (Å²) in [5.41, 5.74) is 1.85. The summed E-state index contributed by atoms with van der Waals surface area (Å²) in [4.78, 5) is 12.4. The van der Waals surface area contributed by atoms with Crippen LogP contribution in [0, 0.1) is 0 Å². The van der Waals surface area contributed by atoms with Crippen LogP contribution in [0.5, 0.6) is 23.0 Å². The first-order valence-corrected chi connectivity index (χ1v) is 8.69. The van der Waals surface area contributed by atoms with E-state index in [1.165, 1.54) is 7.11 Å². The van der Waals surface area contributed by atoms with Crippen LogP contribution >= 0.6 is 0 Å². The van der Waals surface area contributed by atoms with Crippen LogP contribution in [0.4, 0.5) is 0 Å². The smallest absolute Gasteiger partial charge is 0.312 e. The van der Waals surface area contributed by atoms with Gasteiger partial charge in [0.2, 0.25) is 5.75 Å². The van der Waals surface area contributed by atoms with Crippen LogP contribution in [-0.2, 0) is 4.79 Å². The lowest BCUT2D eigenvalue weighted by Gasteiger charge is -2.29. The fourth-order valence-electron chi connectivity index (χ4n) is 3.82. The Morgan fingerprint density at radius 2 is 1.67 bits per heavy atom. The molecule has 0 aliphatic carbocycles. The summed E-state index contributed by atoms with van der Waals surface area (Å²) in [5, 5.41) is 2.22. The van der Waals surface area contributed by atoms with Gasteiger partial charge in [-0.15, -0.1) is 0 Å². The molecule has 1 heterocycles. The van der Waals surface area contributed by atoms with Gasteiger partial charge in [0.25, 0.3) is 0 Å². The molecule has 27 heavy (non-hydrogen) atoms. The highest BCUT2D eigenvalue weighted by molar-refractivity contribution is 5.89. The molecule has 1 atom stereocenters. The second kappa shape index (κ2) is 6.83. The highest BCUT2D eigenvalue weighted by Crippen LogP contribution is 2.52. The fraction of sp³-hybridized carbons (Fsp3) is 0.227. The molecule has 138 valence electrons. The molecule has 4 rings (SSSR count). The minimum absolute atomic E-state index is 0.206. The number of rotatable bonds is 4. The molecule has 1 aliphatic heterocycles. The fourth-order valence-corrected chi connectivity index (χ4v) is 3.82. The van der Waals surface area contributed by atoms with Crippen LogP contribution in [-0.4, -0.2) is 27.3 Å². The summed E-state index contributed by atoms with van der Waals surface area (Å²) in [7, 11) is 4.68. The number of esters is 1. The van der Waals surface area contributed by atoms with E-state index in [2.05, 4.69) is 18.2 Å². The van der Waals surface area contributed by atoms with Gasteiger partial charge in [0.1, 0.15) is 5.75 Å². The van der Waals surface area contributed by atoms with Crippen LogP contribution in [0.2, 0.25) is 0 Å². The van der Waals surface area contributed by atoms with Crippen LogP contribution in [0.15, 0.2) is 48.5 Å². The summed E-state index contributed by atoms with van der Waals surface area (Å²) in [5.74, 6) is 1.43. The second-order valence-corrected chi connectivity index (χ2v) is 6.36. The molecule has 0 amide bonds. The number of hydrogen-bond acceptors (Lipinski definition) is 5. The Kier molecular flexibility index (Phi) is 4.36. The van der Waals surface area contributed by atoms with Crippen molar-refractivity contribution in [3.8, 4) is 23.0 Å². The van der Waals surface area contributed by atoms with E-state index in [1.807, 2.05) is 24.3 Å². The number of fused-ring (bicyclic) bond motifs is 2. The quantitative estimate of drug-likeness (QED) is 0.510. The van der Waals surface area contributed by atoms with Crippen LogP contribution in [0.1, 0.15) is 23.5 Å². The summed E-state index contributed by atoms with van der Waals surface area (Å²) < 4.78 is 22.1. The number of methoxy groups -OCH3 is 3. The molecular formula is C22H20O5. The summed E-state index contributed by atoms with van der Waals surface area (Å²) in [6.45, 7) is 0. The predicted octanol–water partition coefficient (Wildman–Crippen LogP) is 4.31. The van der Waals surface area contributed by atoms with Gasteiger partial charge in [-0.2, -0.15) is 0 Å². The first-order chi connectivity index (χ1) is 13.2. The maximum absolute atomic E-state index is 12.4. The maximum atomic E-state index is 12.4. The van der Waals surface area contributed by atoms with Crippen molar-refractivity contribution >= 4 is 16.7 Å². The van der Waals surface area contributed by atoms with Crippen molar-refractivity contribution in [2.45, 2.75) is 12.3 Å². The van der Waals surface area contributed by atoms with Crippen molar-refractivity contribution in [3.05, 3.63) is 59.7 Å². The molecule has 5 nitrogen and oxygen atoms in total. The summed E-state index contributed by atoms with van der Waals surface area (Å²) in [6.07, 6.45) is 0.229. The van der Waals surface area contributed by atoms with Crippen molar-refractivity contribution in [1.82, 2.24) is 0 Å². The van der Waals surface area contributed by atoms with Crippen LogP contribution < -0.4 is 18.9 Å². The zero-order chi connectivity index (χ0) is 19.0. The van der Waals surface area contributed by atoms with Gasteiger partial charge < -0.3 is 18.9 Å². The monoisotopic (exact) mass is 364 g/mol. The zero-order valence-electron chi connectivity index (χ0n) is 15.4. The van der Waals surface area contributed by atoms with Crippen molar-refractivity contribution in [3.63, 3.8) is 0 Å². The Balaban J connectivity index is 2.01. The molecule has 0 unspecified atom stereocenters. The minimum atomic E-state index is -0.283. The Labute approximate surface area is 157 Å². The van der Waals surface area contributed by atoms with Crippen molar-refractivity contribution in [2.75, 3.05) is 21.3 Å². The molecule has 0 N–H and O–H groups in total. The number of carbonyl (C=O) groups excluding carboxylic acids is 1. The van der Waals surface area contributed by atoms with Gasteiger partial charge in [0, 0.05) is 17.5 Å². The van der Waals surface area contributed by atoms with Crippen molar-refractivity contribution in [1.29, 1.82) is 0 Å². The van der Waals surface area contributed by atoms with E-state index < -0.39 is 0 Å². The van der Waals surface area contributed by atoms with Crippen LogP contribution in [0.3, 0.4) is 0 Å². The van der Waals surface area contributed by atoms with Crippen LogP contribution in [0.25, 0.3) is 10.8 Å². The summed E-state index contributed by atoms with van der Waals surface area (Å²) in [6, 6.07) is 15.9. The van der Waals surface area contributed by atoms with E-state index in [4.69, 9.17) is 18.9 Å². The first kappa shape index (κ1) is 17.2. The predicted molar refractivity (Wildman–Crippen MR) is 102 cm³/mol. The largest absolute Gasteiger partial charge is 0.493 e. The maximum Gasteiger partial charge on any atom is 0.312 e. The van der Waals surface area contributed by atoms with Gasteiger partial charge in [-0.1, -0.05) is 42.5 Å². The third-order valence-electron chi connectivity index (χ3n) is 4.97. The van der Waals surface area contributed by atoms with Gasteiger partial charge in [0.15, 0.2) is 11.5 Å². The van der Waals surface area contributed by atoms with E-state index in [9.17, 15) is 4.79 Å². The topological polar surface area (TPSA) is 54.0 Å². The number of hydrogen-bond donors (Lipinski definition) is 0.